The third kappa shape index (κ3) is 2.08. The summed E-state index contributed by atoms with van der Waals surface area (Å²) in [6, 6.07) is 3.98. The van der Waals surface area contributed by atoms with Crippen LogP contribution < -0.4 is 0 Å². The van der Waals surface area contributed by atoms with Gasteiger partial charge in [0.2, 0.25) is 0 Å². The number of ketones is 1. The molecule has 1 aromatic carbocycles. The van der Waals surface area contributed by atoms with Gasteiger partial charge in [0.15, 0.2) is 17.3 Å². The van der Waals surface area contributed by atoms with E-state index in [4.69, 9.17) is 10.2 Å². The summed E-state index contributed by atoms with van der Waals surface area (Å²) in [5, 5.41) is 18.1. The molecule has 0 bridgehead atoms. The Kier molecular flexibility index (Phi) is 2.69. The number of allylic oxidation sites excluding steroid dienone is 1. The molecule has 0 spiro atoms. The number of carbonyl (C=O) groups excluding carboxylic acids is 1. The van der Waals surface area contributed by atoms with Crippen molar-refractivity contribution in [3.8, 4) is 11.5 Å². The summed E-state index contributed by atoms with van der Waals surface area (Å²) in [6.07, 6.45) is 1.72. The molecular weight excluding hydrogens is 168 g/mol. The van der Waals surface area contributed by atoms with Crippen LogP contribution in [0, 0.1) is 0 Å². The second kappa shape index (κ2) is 3.76. The van der Waals surface area contributed by atoms with E-state index in [1.807, 2.05) is 0 Å². The Hall–Kier alpha value is -1.77. The van der Waals surface area contributed by atoms with Crippen LogP contribution in [0.2, 0.25) is 0 Å². The van der Waals surface area contributed by atoms with Crippen molar-refractivity contribution in [2.75, 3.05) is 0 Å². The van der Waals surface area contributed by atoms with Crippen LogP contribution in [-0.4, -0.2) is 16.0 Å². The summed E-state index contributed by atoms with van der Waals surface area (Å²) in [6.45, 7) is 3.43. The fourth-order valence-corrected chi connectivity index (χ4v) is 0.946. The highest BCUT2D eigenvalue weighted by Gasteiger charge is 2.06. The number of carbonyl (C=O) groups is 1. The van der Waals surface area contributed by atoms with E-state index in [9.17, 15) is 4.79 Å². The quantitative estimate of drug-likeness (QED) is 0.422. The zero-order valence-corrected chi connectivity index (χ0v) is 7.03. The summed E-state index contributed by atoms with van der Waals surface area (Å²) in [5.74, 6) is -0.643. The first-order valence-electron chi connectivity index (χ1n) is 3.81. The lowest BCUT2D eigenvalue weighted by Gasteiger charge is -2.00. The summed E-state index contributed by atoms with van der Waals surface area (Å²) >= 11 is 0. The number of hydrogen-bond acceptors (Lipinski definition) is 3. The zero-order chi connectivity index (χ0) is 9.84. The average Bonchev–Trinajstić information content (AvgIpc) is 2.10. The van der Waals surface area contributed by atoms with E-state index in [1.165, 1.54) is 24.3 Å². The molecule has 0 aromatic heterocycles. The van der Waals surface area contributed by atoms with E-state index < -0.39 is 0 Å². The van der Waals surface area contributed by atoms with Crippen molar-refractivity contribution in [1.29, 1.82) is 0 Å². The van der Waals surface area contributed by atoms with Gasteiger partial charge in [-0.15, -0.1) is 6.58 Å². The molecule has 0 saturated heterocycles. The topological polar surface area (TPSA) is 57.5 Å². The number of phenols is 2. The molecule has 0 aliphatic carbocycles. The minimum Gasteiger partial charge on any atom is -0.504 e. The van der Waals surface area contributed by atoms with Crippen LogP contribution in [0.1, 0.15) is 16.8 Å². The highest BCUT2D eigenvalue weighted by Crippen LogP contribution is 2.25. The molecule has 0 fully saturated rings. The standard InChI is InChI=1S/C10H10O3/c1-2-3-8(11)7-4-5-9(12)10(13)6-7/h2,4-6,12-13H,1,3H2. The summed E-state index contributed by atoms with van der Waals surface area (Å²) in [7, 11) is 0. The van der Waals surface area contributed by atoms with Crippen molar-refractivity contribution < 1.29 is 15.0 Å². The molecule has 0 heterocycles. The number of rotatable bonds is 3. The van der Waals surface area contributed by atoms with Gasteiger partial charge in [-0.25, -0.2) is 0 Å². The molecule has 2 N–H and O–H groups in total. The smallest absolute Gasteiger partial charge is 0.166 e. The van der Waals surface area contributed by atoms with Crippen LogP contribution in [0.15, 0.2) is 30.9 Å². The van der Waals surface area contributed by atoms with Crippen LogP contribution in [0.25, 0.3) is 0 Å². The molecule has 13 heavy (non-hydrogen) atoms. The largest absolute Gasteiger partial charge is 0.504 e. The van der Waals surface area contributed by atoms with E-state index in [0.29, 0.717) is 5.56 Å². The molecule has 0 aliphatic rings. The van der Waals surface area contributed by atoms with Gasteiger partial charge in [-0.3, -0.25) is 4.79 Å². The van der Waals surface area contributed by atoms with Crippen molar-refractivity contribution in [2.45, 2.75) is 6.42 Å². The number of phenolic OH excluding ortho intramolecular Hbond substituents is 2. The van der Waals surface area contributed by atoms with Gasteiger partial charge in [0, 0.05) is 12.0 Å². The Morgan fingerprint density at radius 1 is 1.38 bits per heavy atom. The van der Waals surface area contributed by atoms with Crippen LogP contribution >= 0.6 is 0 Å². The van der Waals surface area contributed by atoms with Gasteiger partial charge < -0.3 is 10.2 Å². The predicted octanol–water partition coefficient (Wildman–Crippen LogP) is 1.86. The Bertz CT molecular complexity index is 342. The number of hydrogen-bond donors (Lipinski definition) is 2. The molecular formula is C10H10O3. The molecule has 0 radical (unpaired) electrons. The molecule has 0 saturated carbocycles. The fourth-order valence-electron chi connectivity index (χ4n) is 0.946. The van der Waals surface area contributed by atoms with Gasteiger partial charge in [0.1, 0.15) is 0 Å². The maximum Gasteiger partial charge on any atom is 0.166 e. The first-order valence-corrected chi connectivity index (χ1v) is 3.81. The lowest BCUT2D eigenvalue weighted by atomic mass is 10.1. The molecule has 1 rings (SSSR count). The van der Waals surface area contributed by atoms with E-state index in [2.05, 4.69) is 6.58 Å². The highest BCUT2D eigenvalue weighted by atomic mass is 16.3. The van der Waals surface area contributed by atoms with Crippen molar-refractivity contribution >= 4 is 5.78 Å². The van der Waals surface area contributed by atoms with Gasteiger partial charge in [-0.05, 0) is 18.2 Å². The summed E-state index contributed by atoms with van der Waals surface area (Å²) in [4.78, 5) is 11.2. The van der Waals surface area contributed by atoms with Crippen molar-refractivity contribution in [1.82, 2.24) is 0 Å². The maximum atomic E-state index is 11.2. The minimum absolute atomic E-state index is 0.134. The van der Waals surface area contributed by atoms with E-state index >= 15 is 0 Å². The SMILES string of the molecule is C=CCC(=O)c1ccc(O)c(O)c1. The fraction of sp³-hybridized carbons (Fsp3) is 0.100. The second-order valence-corrected chi connectivity index (χ2v) is 2.62. The Balaban J connectivity index is 2.96. The van der Waals surface area contributed by atoms with Gasteiger partial charge in [-0.2, -0.15) is 0 Å². The number of Topliss-reactive ketones (excluding diaryl/α,β-unsaturated/α-hetero) is 1. The van der Waals surface area contributed by atoms with E-state index in [1.54, 1.807) is 0 Å². The van der Waals surface area contributed by atoms with Crippen molar-refractivity contribution in [3.63, 3.8) is 0 Å². The Morgan fingerprint density at radius 3 is 2.62 bits per heavy atom. The third-order valence-electron chi connectivity index (χ3n) is 1.63. The first-order chi connectivity index (χ1) is 6.15. The van der Waals surface area contributed by atoms with E-state index in [-0.39, 0.29) is 23.7 Å². The second-order valence-electron chi connectivity index (χ2n) is 2.62. The molecule has 3 nitrogen and oxygen atoms in total. The Labute approximate surface area is 76.0 Å². The lowest BCUT2D eigenvalue weighted by Crippen LogP contribution is -1.95. The number of aromatic hydroxyl groups is 2. The van der Waals surface area contributed by atoms with Gasteiger partial charge >= 0.3 is 0 Å². The van der Waals surface area contributed by atoms with E-state index in [0.717, 1.165) is 0 Å². The first kappa shape index (κ1) is 9.32. The zero-order valence-electron chi connectivity index (χ0n) is 7.03. The predicted molar refractivity (Wildman–Crippen MR) is 48.9 cm³/mol. The molecule has 0 atom stereocenters. The average molecular weight is 178 g/mol. The molecule has 3 heteroatoms. The van der Waals surface area contributed by atoms with Crippen LogP contribution in [0.3, 0.4) is 0 Å². The molecule has 0 aliphatic heterocycles. The third-order valence-corrected chi connectivity index (χ3v) is 1.63. The van der Waals surface area contributed by atoms with Crippen LogP contribution in [0.4, 0.5) is 0 Å². The maximum absolute atomic E-state index is 11.2. The molecule has 0 amide bonds. The van der Waals surface area contributed by atoms with Gasteiger partial charge in [0.25, 0.3) is 0 Å². The monoisotopic (exact) mass is 178 g/mol. The van der Waals surface area contributed by atoms with Crippen LogP contribution in [-0.2, 0) is 0 Å². The van der Waals surface area contributed by atoms with Gasteiger partial charge in [-0.1, -0.05) is 6.08 Å². The Morgan fingerprint density at radius 2 is 2.08 bits per heavy atom. The van der Waals surface area contributed by atoms with Crippen LogP contribution in [0.5, 0.6) is 11.5 Å². The van der Waals surface area contributed by atoms with Crippen molar-refractivity contribution in [3.05, 3.63) is 36.4 Å². The highest BCUT2D eigenvalue weighted by molar-refractivity contribution is 5.97. The lowest BCUT2D eigenvalue weighted by molar-refractivity contribution is 0.0995. The normalized spacial score (nSPS) is 9.54. The van der Waals surface area contributed by atoms with Crippen molar-refractivity contribution in [2.24, 2.45) is 0 Å². The molecule has 0 unspecified atom stereocenters. The van der Waals surface area contributed by atoms with Gasteiger partial charge in [0.05, 0.1) is 0 Å². The minimum atomic E-state index is -0.282. The molecule has 68 valence electrons. The molecule has 1 aromatic rings. The summed E-state index contributed by atoms with van der Waals surface area (Å²) in [5.41, 5.74) is 0.371. The summed E-state index contributed by atoms with van der Waals surface area (Å²) < 4.78 is 0. The number of benzene rings is 1.